The molecule has 2 saturated heterocycles. The Kier molecular flexibility index (Phi) is 5.29. The molecule has 2 atom stereocenters. The summed E-state index contributed by atoms with van der Waals surface area (Å²) in [5, 5.41) is 0.520. The third kappa shape index (κ3) is 4.26. The van der Waals surface area contributed by atoms with Crippen LogP contribution in [0.25, 0.3) is 0 Å². The summed E-state index contributed by atoms with van der Waals surface area (Å²) in [6, 6.07) is 13.8. The molecule has 5 nitrogen and oxygen atoms in total. The van der Waals surface area contributed by atoms with Crippen LogP contribution in [0.2, 0.25) is 0 Å². The second kappa shape index (κ2) is 7.61. The first-order valence-corrected chi connectivity index (χ1v) is 12.3. The maximum absolute atomic E-state index is 12.7. The van der Waals surface area contributed by atoms with Crippen molar-refractivity contribution in [3.05, 3.63) is 64.7 Å². The summed E-state index contributed by atoms with van der Waals surface area (Å²) in [6.45, 7) is 6.01. The van der Waals surface area contributed by atoms with Crippen molar-refractivity contribution in [3.8, 4) is 0 Å². The number of thioether (sulfide) groups is 1. The molecule has 2 aromatic rings. The maximum atomic E-state index is 12.7. The fraction of sp³-hybridized carbons (Fsp3) is 0.364. The molecule has 2 unspecified atom stereocenters. The van der Waals surface area contributed by atoms with Crippen molar-refractivity contribution >= 4 is 38.4 Å². The first kappa shape index (κ1) is 20.2. The van der Waals surface area contributed by atoms with Crippen molar-refractivity contribution in [2.24, 2.45) is 4.99 Å². The van der Waals surface area contributed by atoms with Gasteiger partial charge in [-0.3, -0.25) is 4.79 Å². The number of carbonyl (C=O) groups is 1. The zero-order valence-electron chi connectivity index (χ0n) is 16.8. The number of amides is 1. The number of aliphatic imine (C=N–C) groups is 1. The predicted octanol–water partition coefficient (Wildman–Crippen LogP) is 3.46. The number of amidine groups is 1. The third-order valence-corrected chi connectivity index (χ3v) is 8.56. The lowest BCUT2D eigenvalue weighted by atomic mass is 10.1. The van der Waals surface area contributed by atoms with E-state index in [0.717, 1.165) is 27.9 Å². The minimum absolute atomic E-state index is 0.0922. The Hall–Kier alpha value is -2.12. The molecule has 0 N–H and O–H groups in total. The molecule has 1 amide bonds. The number of carbonyl (C=O) groups excluding carboxylic acids is 1. The highest BCUT2D eigenvalue weighted by Crippen LogP contribution is 2.42. The monoisotopic (exact) mass is 428 g/mol. The van der Waals surface area contributed by atoms with Crippen molar-refractivity contribution in [3.63, 3.8) is 0 Å². The van der Waals surface area contributed by atoms with Crippen molar-refractivity contribution in [1.82, 2.24) is 0 Å². The Morgan fingerprint density at radius 1 is 1.10 bits per heavy atom. The second-order valence-corrected chi connectivity index (χ2v) is 11.3. The third-order valence-electron chi connectivity index (χ3n) is 5.35. The molecule has 2 aliphatic heterocycles. The molecule has 2 heterocycles. The average molecular weight is 429 g/mol. The Morgan fingerprint density at radius 2 is 1.86 bits per heavy atom. The fourth-order valence-corrected chi connectivity index (χ4v) is 7.89. The summed E-state index contributed by atoms with van der Waals surface area (Å²) < 4.78 is 24.5. The number of sulfone groups is 1. The van der Waals surface area contributed by atoms with Gasteiger partial charge in [0.1, 0.15) is 0 Å². The zero-order valence-corrected chi connectivity index (χ0v) is 18.4. The molecule has 7 heteroatoms. The number of hydrogen-bond donors (Lipinski definition) is 0. The highest BCUT2D eigenvalue weighted by atomic mass is 32.2. The smallest absolute Gasteiger partial charge is 0.252 e. The van der Waals surface area contributed by atoms with Crippen molar-refractivity contribution in [2.45, 2.75) is 38.5 Å². The number of nitrogens with zero attached hydrogens (tertiary/aromatic N) is 2. The van der Waals surface area contributed by atoms with Crippen LogP contribution in [0.4, 0.5) is 5.69 Å². The summed E-state index contributed by atoms with van der Waals surface area (Å²) >= 11 is 1.42. The normalized spacial score (nSPS) is 24.1. The first-order valence-electron chi connectivity index (χ1n) is 9.62. The van der Waals surface area contributed by atoms with Gasteiger partial charge < -0.3 is 4.90 Å². The Morgan fingerprint density at radius 3 is 2.62 bits per heavy atom. The quantitative estimate of drug-likeness (QED) is 0.749. The van der Waals surface area contributed by atoms with Crippen LogP contribution in [0.3, 0.4) is 0 Å². The summed E-state index contributed by atoms with van der Waals surface area (Å²) in [5.74, 6) is 0.0222. The highest BCUT2D eigenvalue weighted by molar-refractivity contribution is 8.16. The summed E-state index contributed by atoms with van der Waals surface area (Å²) in [6.07, 6.45) is 0.236. The number of hydrogen-bond acceptors (Lipinski definition) is 4. The SMILES string of the molecule is Cc1cccc(CC(=O)N=C2SC3CS(=O)(=O)CC3N2c2cc(C)ccc2C)c1. The van der Waals surface area contributed by atoms with Crippen LogP contribution in [-0.4, -0.2) is 42.3 Å². The molecule has 0 radical (unpaired) electrons. The van der Waals surface area contributed by atoms with Gasteiger partial charge in [0.2, 0.25) is 0 Å². The number of aryl methyl sites for hydroxylation is 3. The topological polar surface area (TPSA) is 66.8 Å². The molecule has 0 aliphatic carbocycles. The maximum Gasteiger partial charge on any atom is 0.252 e. The molecule has 0 spiro atoms. The molecule has 2 fully saturated rings. The molecular weight excluding hydrogens is 404 g/mol. The minimum atomic E-state index is -3.08. The van der Waals surface area contributed by atoms with Crippen LogP contribution in [0.5, 0.6) is 0 Å². The van der Waals surface area contributed by atoms with Crippen LogP contribution in [0, 0.1) is 20.8 Å². The van der Waals surface area contributed by atoms with E-state index in [1.807, 2.05) is 68.1 Å². The van der Waals surface area contributed by atoms with E-state index in [-0.39, 0.29) is 35.1 Å². The molecule has 0 aromatic heterocycles. The standard InChI is InChI=1S/C22H24N2O3S2/c1-14-5-4-6-17(9-14)11-21(25)23-22-24(18-10-15(2)7-8-16(18)3)19-12-29(26,27)13-20(19)28-22/h4-10,19-20H,11-13H2,1-3H3. The molecule has 2 aliphatic rings. The Balaban J connectivity index is 1.68. The van der Waals surface area contributed by atoms with Gasteiger partial charge in [-0.15, -0.1) is 0 Å². The molecule has 29 heavy (non-hydrogen) atoms. The Labute approximate surface area is 176 Å². The van der Waals surface area contributed by atoms with E-state index < -0.39 is 9.84 Å². The lowest BCUT2D eigenvalue weighted by Gasteiger charge is -2.26. The molecule has 0 bridgehead atoms. The van der Waals surface area contributed by atoms with E-state index in [1.165, 1.54) is 11.8 Å². The summed E-state index contributed by atoms with van der Waals surface area (Å²) in [5.41, 5.74) is 5.10. The molecule has 4 rings (SSSR count). The number of rotatable bonds is 3. The van der Waals surface area contributed by atoms with Gasteiger partial charge in [0, 0.05) is 10.9 Å². The van der Waals surface area contributed by atoms with Gasteiger partial charge in [0.15, 0.2) is 15.0 Å². The minimum Gasteiger partial charge on any atom is -0.315 e. The van der Waals surface area contributed by atoms with Crippen LogP contribution in [0.1, 0.15) is 22.3 Å². The van der Waals surface area contributed by atoms with Gasteiger partial charge in [-0.1, -0.05) is 53.7 Å². The van der Waals surface area contributed by atoms with Crippen LogP contribution < -0.4 is 4.90 Å². The van der Waals surface area contributed by atoms with Gasteiger partial charge >= 0.3 is 0 Å². The van der Waals surface area contributed by atoms with E-state index >= 15 is 0 Å². The number of fused-ring (bicyclic) bond motifs is 1. The van der Waals surface area contributed by atoms with Crippen LogP contribution in [0.15, 0.2) is 47.5 Å². The largest absolute Gasteiger partial charge is 0.315 e. The molecule has 0 saturated carbocycles. The molecule has 2 aromatic carbocycles. The van der Waals surface area contributed by atoms with E-state index in [4.69, 9.17) is 0 Å². The van der Waals surface area contributed by atoms with Gasteiger partial charge in [0.05, 0.1) is 24.0 Å². The fourth-order valence-electron chi connectivity index (χ4n) is 3.97. The van der Waals surface area contributed by atoms with Gasteiger partial charge in [0.25, 0.3) is 5.91 Å². The van der Waals surface area contributed by atoms with Crippen molar-refractivity contribution in [2.75, 3.05) is 16.4 Å². The van der Waals surface area contributed by atoms with E-state index in [1.54, 1.807) is 0 Å². The number of anilines is 1. The lowest BCUT2D eigenvalue weighted by Crippen LogP contribution is -2.38. The lowest BCUT2D eigenvalue weighted by molar-refractivity contribution is -0.117. The first-order chi connectivity index (χ1) is 13.7. The number of benzene rings is 2. The van der Waals surface area contributed by atoms with Crippen LogP contribution in [-0.2, 0) is 21.1 Å². The summed E-state index contributed by atoms with van der Waals surface area (Å²) in [4.78, 5) is 19.1. The van der Waals surface area contributed by atoms with E-state index in [9.17, 15) is 13.2 Å². The predicted molar refractivity (Wildman–Crippen MR) is 120 cm³/mol. The van der Waals surface area contributed by atoms with Gasteiger partial charge in [-0.05, 0) is 43.5 Å². The molecule has 152 valence electrons. The molecular formula is C22H24N2O3S2. The zero-order chi connectivity index (χ0) is 20.8. The van der Waals surface area contributed by atoms with Gasteiger partial charge in [-0.25, -0.2) is 8.42 Å². The van der Waals surface area contributed by atoms with Gasteiger partial charge in [-0.2, -0.15) is 4.99 Å². The van der Waals surface area contributed by atoms with Crippen molar-refractivity contribution in [1.29, 1.82) is 0 Å². The summed E-state index contributed by atoms with van der Waals surface area (Å²) in [7, 11) is -3.08. The van der Waals surface area contributed by atoms with Crippen molar-refractivity contribution < 1.29 is 13.2 Å². The average Bonchev–Trinajstić information content (AvgIpc) is 3.08. The highest BCUT2D eigenvalue weighted by Gasteiger charge is 2.49. The van der Waals surface area contributed by atoms with Crippen LogP contribution >= 0.6 is 11.8 Å². The van der Waals surface area contributed by atoms with E-state index in [2.05, 4.69) is 4.99 Å². The Bertz CT molecular complexity index is 1110. The van der Waals surface area contributed by atoms with E-state index in [0.29, 0.717) is 5.17 Å². The second-order valence-electron chi connectivity index (χ2n) is 7.91.